The summed E-state index contributed by atoms with van der Waals surface area (Å²) in [6.45, 7) is 6.72. The van der Waals surface area contributed by atoms with Crippen molar-refractivity contribution >= 4 is 38.5 Å². The number of nitrogens with one attached hydrogen (secondary N) is 2. The molecule has 1 aliphatic heterocycles. The fourth-order valence-corrected chi connectivity index (χ4v) is 4.13. The third kappa shape index (κ3) is 4.23. The molecule has 0 saturated carbocycles. The zero-order chi connectivity index (χ0) is 21.3. The number of rotatable bonds is 5. The van der Waals surface area contributed by atoms with E-state index >= 15 is 0 Å². The van der Waals surface area contributed by atoms with Gasteiger partial charge in [0, 0.05) is 17.7 Å². The number of hydrogen-bond donors (Lipinski definition) is 2. The van der Waals surface area contributed by atoms with Crippen molar-refractivity contribution in [3.05, 3.63) is 47.5 Å². The average Bonchev–Trinajstić information content (AvgIpc) is 3.10. The second kappa shape index (κ2) is 8.31. The van der Waals surface area contributed by atoms with Crippen molar-refractivity contribution in [3.63, 3.8) is 0 Å². The van der Waals surface area contributed by atoms with Crippen LogP contribution in [-0.4, -0.2) is 36.1 Å². The highest BCUT2D eigenvalue weighted by Crippen LogP contribution is 2.37. The fraction of sp³-hybridized carbons (Fsp3) is 0.318. The van der Waals surface area contributed by atoms with Crippen molar-refractivity contribution in [2.24, 2.45) is 5.92 Å². The van der Waals surface area contributed by atoms with Gasteiger partial charge in [0.05, 0.1) is 10.2 Å². The van der Waals surface area contributed by atoms with Crippen molar-refractivity contribution in [3.8, 4) is 11.5 Å². The number of aromatic nitrogens is 1. The maximum atomic E-state index is 12.9. The Balaban J connectivity index is 1.51. The van der Waals surface area contributed by atoms with Crippen LogP contribution in [0.4, 0.5) is 5.13 Å². The first-order valence-electron chi connectivity index (χ1n) is 9.79. The normalized spacial score (nSPS) is 13.9. The van der Waals surface area contributed by atoms with Gasteiger partial charge in [-0.3, -0.25) is 9.59 Å². The molecule has 30 heavy (non-hydrogen) atoms. The first-order valence-corrected chi connectivity index (χ1v) is 10.6. The second-order valence-corrected chi connectivity index (χ2v) is 8.57. The van der Waals surface area contributed by atoms with Crippen molar-refractivity contribution in [1.82, 2.24) is 10.3 Å². The van der Waals surface area contributed by atoms with E-state index in [0.717, 1.165) is 15.8 Å². The van der Waals surface area contributed by atoms with Gasteiger partial charge in [-0.2, -0.15) is 0 Å². The van der Waals surface area contributed by atoms with Gasteiger partial charge in [-0.05, 0) is 25.0 Å². The summed E-state index contributed by atoms with van der Waals surface area (Å²) in [5, 5.41) is 6.15. The van der Waals surface area contributed by atoms with Crippen LogP contribution >= 0.6 is 11.3 Å². The van der Waals surface area contributed by atoms with E-state index in [1.807, 2.05) is 45.0 Å². The van der Waals surface area contributed by atoms with Crippen LogP contribution in [0.25, 0.3) is 10.2 Å². The molecule has 0 unspecified atom stereocenters. The monoisotopic (exact) mass is 425 g/mol. The number of carbonyl (C=O) groups excluding carboxylic acids is 2. The molecule has 3 aromatic rings. The van der Waals surface area contributed by atoms with Crippen molar-refractivity contribution in [1.29, 1.82) is 0 Å². The summed E-state index contributed by atoms with van der Waals surface area (Å²) in [5.74, 6) is 0.659. The molecular weight excluding hydrogens is 402 g/mol. The molecule has 0 bridgehead atoms. The SMILES string of the molecule is Cc1cccc(C(=O)N[C@H](C(=O)Nc2nc3cc4c(cc3s2)OCCO4)C(C)C)c1. The maximum absolute atomic E-state index is 12.9. The molecule has 0 spiro atoms. The van der Waals surface area contributed by atoms with Gasteiger partial charge in [-0.25, -0.2) is 4.98 Å². The molecule has 2 aromatic carbocycles. The summed E-state index contributed by atoms with van der Waals surface area (Å²) in [6.07, 6.45) is 0. The Labute approximate surface area is 178 Å². The van der Waals surface area contributed by atoms with Crippen LogP contribution in [0.2, 0.25) is 0 Å². The zero-order valence-corrected chi connectivity index (χ0v) is 17.8. The molecule has 0 saturated heterocycles. The second-order valence-electron chi connectivity index (χ2n) is 7.54. The van der Waals surface area contributed by atoms with Gasteiger partial charge in [-0.15, -0.1) is 0 Å². The predicted octanol–water partition coefficient (Wildman–Crippen LogP) is 3.77. The number of nitrogens with zero attached hydrogens (tertiary/aromatic N) is 1. The van der Waals surface area contributed by atoms with Crippen LogP contribution in [0.5, 0.6) is 11.5 Å². The number of amides is 2. The number of anilines is 1. The summed E-state index contributed by atoms with van der Waals surface area (Å²) >= 11 is 1.35. The minimum absolute atomic E-state index is 0.0951. The lowest BCUT2D eigenvalue weighted by Crippen LogP contribution is -2.47. The zero-order valence-electron chi connectivity index (χ0n) is 17.0. The molecule has 1 aromatic heterocycles. The van der Waals surface area contributed by atoms with E-state index < -0.39 is 6.04 Å². The summed E-state index contributed by atoms with van der Waals surface area (Å²) in [7, 11) is 0. The number of hydrogen-bond acceptors (Lipinski definition) is 6. The van der Waals surface area contributed by atoms with Gasteiger partial charge >= 0.3 is 0 Å². The highest BCUT2D eigenvalue weighted by molar-refractivity contribution is 7.22. The summed E-state index contributed by atoms with van der Waals surface area (Å²) < 4.78 is 12.1. The topological polar surface area (TPSA) is 89.6 Å². The Morgan fingerprint density at radius 3 is 2.53 bits per heavy atom. The molecule has 1 atom stereocenters. The summed E-state index contributed by atoms with van der Waals surface area (Å²) in [5.41, 5.74) is 2.24. The van der Waals surface area contributed by atoms with Gasteiger partial charge in [0.2, 0.25) is 5.91 Å². The molecule has 2 heterocycles. The van der Waals surface area contributed by atoms with Gasteiger partial charge in [-0.1, -0.05) is 42.9 Å². The predicted molar refractivity (Wildman–Crippen MR) is 117 cm³/mol. The Morgan fingerprint density at radius 1 is 1.10 bits per heavy atom. The molecule has 8 heteroatoms. The minimum atomic E-state index is -0.690. The molecule has 7 nitrogen and oxygen atoms in total. The van der Waals surface area contributed by atoms with Crippen molar-refractivity contribution in [2.75, 3.05) is 18.5 Å². The molecule has 0 aliphatic carbocycles. The highest BCUT2D eigenvalue weighted by Gasteiger charge is 2.26. The van der Waals surface area contributed by atoms with Crippen LogP contribution in [0.1, 0.15) is 29.8 Å². The molecule has 2 N–H and O–H groups in total. The third-order valence-electron chi connectivity index (χ3n) is 4.80. The number of benzene rings is 2. The number of aryl methyl sites for hydroxylation is 1. The van der Waals surface area contributed by atoms with Crippen LogP contribution < -0.4 is 20.1 Å². The Bertz CT molecular complexity index is 1070. The standard InChI is InChI=1S/C22H23N3O4S/c1-12(2)19(24-20(26)14-6-4-5-13(3)9-14)21(27)25-22-23-15-10-16-17(11-18(15)30-22)29-8-7-28-16/h4-6,9-12,19H,7-8H2,1-3H3,(H,24,26)(H,23,25,27)/t19-/m0/s1. The lowest BCUT2D eigenvalue weighted by molar-refractivity contribution is -0.118. The average molecular weight is 426 g/mol. The number of carbonyl (C=O) groups is 2. The number of fused-ring (bicyclic) bond motifs is 2. The first kappa shape index (κ1) is 20.2. The van der Waals surface area contributed by atoms with E-state index in [2.05, 4.69) is 15.6 Å². The van der Waals surface area contributed by atoms with Crippen LogP contribution in [0.15, 0.2) is 36.4 Å². The molecule has 0 radical (unpaired) electrons. The third-order valence-corrected chi connectivity index (χ3v) is 5.73. The quantitative estimate of drug-likeness (QED) is 0.650. The Morgan fingerprint density at radius 2 is 1.83 bits per heavy atom. The lowest BCUT2D eigenvalue weighted by atomic mass is 10.0. The number of thiazole rings is 1. The van der Waals surface area contributed by atoms with E-state index in [0.29, 0.717) is 35.4 Å². The number of ether oxygens (including phenoxy) is 2. The molecular formula is C22H23N3O4S. The molecule has 156 valence electrons. The largest absolute Gasteiger partial charge is 0.486 e. The van der Waals surface area contributed by atoms with Crippen LogP contribution in [0.3, 0.4) is 0 Å². The van der Waals surface area contributed by atoms with E-state index in [9.17, 15) is 9.59 Å². The summed E-state index contributed by atoms with van der Waals surface area (Å²) in [4.78, 5) is 30.0. The van der Waals surface area contributed by atoms with E-state index in [4.69, 9.17) is 9.47 Å². The Kier molecular flexibility index (Phi) is 5.59. The van der Waals surface area contributed by atoms with E-state index in [1.54, 1.807) is 12.1 Å². The lowest BCUT2D eigenvalue weighted by Gasteiger charge is -2.21. The minimum Gasteiger partial charge on any atom is -0.486 e. The molecule has 1 aliphatic rings. The molecule has 2 amide bonds. The smallest absolute Gasteiger partial charge is 0.251 e. The van der Waals surface area contributed by atoms with Gasteiger partial charge in [0.15, 0.2) is 16.6 Å². The highest BCUT2D eigenvalue weighted by atomic mass is 32.1. The molecule has 0 fully saturated rings. The van der Waals surface area contributed by atoms with Crippen molar-refractivity contribution < 1.29 is 19.1 Å². The Hall–Kier alpha value is -3.13. The van der Waals surface area contributed by atoms with Crippen molar-refractivity contribution in [2.45, 2.75) is 26.8 Å². The molecule has 4 rings (SSSR count). The van der Waals surface area contributed by atoms with Gasteiger partial charge in [0.25, 0.3) is 5.91 Å². The summed E-state index contributed by atoms with van der Waals surface area (Å²) in [6, 6.07) is 10.3. The van der Waals surface area contributed by atoms with Crippen LogP contribution in [-0.2, 0) is 4.79 Å². The van der Waals surface area contributed by atoms with Gasteiger partial charge < -0.3 is 20.1 Å². The van der Waals surface area contributed by atoms with Crippen LogP contribution in [0, 0.1) is 12.8 Å². The first-order chi connectivity index (χ1) is 14.4. The van der Waals surface area contributed by atoms with E-state index in [1.165, 1.54) is 11.3 Å². The van der Waals surface area contributed by atoms with E-state index in [-0.39, 0.29) is 17.7 Å². The maximum Gasteiger partial charge on any atom is 0.251 e. The van der Waals surface area contributed by atoms with Gasteiger partial charge in [0.1, 0.15) is 19.3 Å². The fourth-order valence-electron chi connectivity index (χ4n) is 3.25.